The van der Waals surface area contributed by atoms with Crippen molar-refractivity contribution in [3.05, 3.63) is 65.2 Å². The SMILES string of the molecule is O=C1C(=O)N(CN2CCCC[C@@H]2c2nc3ccccc3s2)C(=O)N1Cc1ccccc1. The van der Waals surface area contributed by atoms with Crippen LogP contribution < -0.4 is 0 Å². The fraction of sp³-hybridized carbons (Fsp3) is 0.304. The predicted molar refractivity (Wildman–Crippen MR) is 117 cm³/mol. The zero-order valence-electron chi connectivity index (χ0n) is 16.9. The number of nitrogens with zero attached hydrogens (tertiary/aromatic N) is 4. The summed E-state index contributed by atoms with van der Waals surface area (Å²) in [5, 5.41) is 0.993. The van der Waals surface area contributed by atoms with Gasteiger partial charge in [0.05, 0.1) is 29.5 Å². The normalized spacial score (nSPS) is 20.3. The Kier molecular flexibility index (Phi) is 5.25. The molecule has 5 rings (SSSR count). The van der Waals surface area contributed by atoms with Gasteiger partial charge < -0.3 is 0 Å². The van der Waals surface area contributed by atoms with E-state index in [2.05, 4.69) is 11.0 Å². The number of hydrogen-bond donors (Lipinski definition) is 0. The van der Waals surface area contributed by atoms with Gasteiger partial charge in [-0.25, -0.2) is 14.7 Å². The van der Waals surface area contributed by atoms with E-state index in [0.29, 0.717) is 0 Å². The van der Waals surface area contributed by atoms with E-state index in [9.17, 15) is 14.4 Å². The summed E-state index contributed by atoms with van der Waals surface area (Å²) in [5.41, 5.74) is 1.77. The lowest BCUT2D eigenvalue weighted by atomic mass is 10.0. The van der Waals surface area contributed by atoms with Crippen LogP contribution in [0.1, 0.15) is 35.9 Å². The third kappa shape index (κ3) is 3.73. The van der Waals surface area contributed by atoms with Crippen LogP contribution in [-0.2, 0) is 16.1 Å². The van der Waals surface area contributed by atoms with E-state index in [1.807, 2.05) is 48.5 Å². The third-order valence-corrected chi connectivity index (χ3v) is 6.99. The van der Waals surface area contributed by atoms with Crippen LogP contribution in [-0.4, -0.2) is 50.7 Å². The number of imide groups is 2. The van der Waals surface area contributed by atoms with Gasteiger partial charge >= 0.3 is 17.8 Å². The first kappa shape index (κ1) is 19.8. The van der Waals surface area contributed by atoms with Crippen molar-refractivity contribution in [2.24, 2.45) is 0 Å². The van der Waals surface area contributed by atoms with Gasteiger partial charge in [0, 0.05) is 6.54 Å². The number of urea groups is 1. The molecule has 3 heterocycles. The molecule has 2 aromatic carbocycles. The zero-order valence-corrected chi connectivity index (χ0v) is 17.8. The van der Waals surface area contributed by atoms with E-state index in [1.165, 1.54) is 0 Å². The van der Waals surface area contributed by atoms with Crippen LogP contribution in [0.2, 0.25) is 0 Å². The topological polar surface area (TPSA) is 73.8 Å². The quantitative estimate of drug-likeness (QED) is 0.451. The summed E-state index contributed by atoms with van der Waals surface area (Å²) >= 11 is 1.65. The number of hydrogen-bond acceptors (Lipinski definition) is 6. The van der Waals surface area contributed by atoms with Crippen molar-refractivity contribution in [3.63, 3.8) is 0 Å². The first-order valence-electron chi connectivity index (χ1n) is 10.4. The summed E-state index contributed by atoms with van der Waals surface area (Å²) < 4.78 is 1.13. The van der Waals surface area contributed by atoms with E-state index < -0.39 is 17.8 Å². The van der Waals surface area contributed by atoms with E-state index in [0.717, 1.165) is 56.4 Å². The molecule has 158 valence electrons. The molecule has 3 aromatic rings. The second kappa shape index (κ2) is 8.20. The van der Waals surface area contributed by atoms with Crippen molar-refractivity contribution in [3.8, 4) is 0 Å². The minimum Gasteiger partial charge on any atom is -0.276 e. The lowest BCUT2D eigenvalue weighted by Crippen LogP contribution is -2.45. The number of benzene rings is 2. The second-order valence-corrected chi connectivity index (χ2v) is 8.94. The van der Waals surface area contributed by atoms with Crippen molar-refractivity contribution < 1.29 is 14.4 Å². The van der Waals surface area contributed by atoms with Crippen LogP contribution in [0.25, 0.3) is 10.2 Å². The molecule has 1 aromatic heterocycles. The Labute approximate surface area is 183 Å². The number of amides is 4. The van der Waals surface area contributed by atoms with Gasteiger partial charge in [-0.3, -0.25) is 19.4 Å². The first-order chi connectivity index (χ1) is 15.1. The van der Waals surface area contributed by atoms with Crippen LogP contribution in [0.5, 0.6) is 0 Å². The van der Waals surface area contributed by atoms with E-state index in [4.69, 9.17) is 4.98 Å². The van der Waals surface area contributed by atoms with Gasteiger partial charge in [-0.1, -0.05) is 48.9 Å². The van der Waals surface area contributed by atoms with Crippen molar-refractivity contribution >= 4 is 39.4 Å². The standard InChI is InChI=1S/C23H22N4O3S/c28-21-22(29)27(23(30)26(21)14-16-8-2-1-3-9-16)15-25-13-7-6-11-18(25)20-24-17-10-4-5-12-19(17)31-20/h1-5,8-10,12,18H,6-7,11,13-15H2/t18-/m1/s1. The van der Waals surface area contributed by atoms with Gasteiger partial charge in [0.1, 0.15) is 5.01 Å². The van der Waals surface area contributed by atoms with E-state index >= 15 is 0 Å². The molecule has 0 radical (unpaired) electrons. The van der Waals surface area contributed by atoms with Crippen LogP contribution in [0.4, 0.5) is 4.79 Å². The maximum atomic E-state index is 13.0. The Bertz CT molecular complexity index is 1110. The number of carbonyl (C=O) groups excluding carboxylic acids is 3. The number of carbonyl (C=O) groups is 3. The molecule has 0 unspecified atom stereocenters. The summed E-state index contributed by atoms with van der Waals surface area (Å²) in [6.07, 6.45) is 2.97. The average molecular weight is 435 g/mol. The van der Waals surface area contributed by atoms with Crippen LogP contribution in [0, 0.1) is 0 Å². The van der Waals surface area contributed by atoms with Crippen LogP contribution in [0.15, 0.2) is 54.6 Å². The first-order valence-corrected chi connectivity index (χ1v) is 11.2. The number of fused-ring (bicyclic) bond motifs is 1. The highest BCUT2D eigenvalue weighted by molar-refractivity contribution is 7.18. The van der Waals surface area contributed by atoms with Gasteiger partial charge in [0.25, 0.3) is 0 Å². The van der Waals surface area contributed by atoms with Gasteiger partial charge in [0.15, 0.2) is 0 Å². The molecule has 2 fully saturated rings. The molecular formula is C23H22N4O3S. The third-order valence-electron chi connectivity index (χ3n) is 5.85. The number of aromatic nitrogens is 1. The van der Waals surface area contributed by atoms with Crippen molar-refractivity contribution in [1.82, 2.24) is 19.7 Å². The summed E-state index contributed by atoms with van der Waals surface area (Å²) in [4.78, 5) is 47.2. The second-order valence-electron chi connectivity index (χ2n) is 7.88. The van der Waals surface area contributed by atoms with Gasteiger partial charge in [-0.15, -0.1) is 11.3 Å². The molecule has 0 spiro atoms. The maximum Gasteiger partial charge on any atom is 0.335 e. The number of para-hydroxylation sites is 1. The van der Waals surface area contributed by atoms with Crippen LogP contribution in [0.3, 0.4) is 0 Å². The molecular weight excluding hydrogens is 412 g/mol. The van der Waals surface area contributed by atoms with E-state index in [1.54, 1.807) is 11.3 Å². The Morgan fingerprint density at radius 2 is 1.65 bits per heavy atom. The Balaban J connectivity index is 1.36. The minimum atomic E-state index is -0.762. The molecule has 2 aliphatic heterocycles. The largest absolute Gasteiger partial charge is 0.335 e. The average Bonchev–Trinajstić information content (AvgIpc) is 3.32. The highest BCUT2D eigenvalue weighted by Gasteiger charge is 2.45. The Hall–Kier alpha value is -3.10. The predicted octanol–water partition coefficient (Wildman–Crippen LogP) is 3.77. The minimum absolute atomic E-state index is 0.0324. The molecule has 0 bridgehead atoms. The van der Waals surface area contributed by atoms with Crippen molar-refractivity contribution in [2.75, 3.05) is 13.2 Å². The van der Waals surface area contributed by atoms with Crippen molar-refractivity contribution in [2.45, 2.75) is 31.8 Å². The maximum absolute atomic E-state index is 13.0. The molecule has 2 saturated heterocycles. The summed E-state index contributed by atoms with van der Waals surface area (Å²) in [7, 11) is 0. The van der Waals surface area contributed by atoms with E-state index in [-0.39, 0.29) is 19.3 Å². The molecule has 4 amide bonds. The molecule has 0 saturated carbocycles. The molecule has 0 N–H and O–H groups in total. The number of rotatable bonds is 5. The number of likely N-dealkylation sites (tertiary alicyclic amines) is 1. The molecule has 8 heteroatoms. The summed E-state index contributed by atoms with van der Waals surface area (Å²) in [6.45, 7) is 0.960. The molecule has 2 aliphatic rings. The van der Waals surface area contributed by atoms with Gasteiger partial charge in [-0.05, 0) is 30.5 Å². The Morgan fingerprint density at radius 3 is 2.45 bits per heavy atom. The number of thiazole rings is 1. The highest BCUT2D eigenvalue weighted by atomic mass is 32.1. The summed E-state index contributed by atoms with van der Waals surface area (Å²) in [5.74, 6) is -1.52. The fourth-order valence-electron chi connectivity index (χ4n) is 4.23. The lowest BCUT2D eigenvalue weighted by Gasteiger charge is -2.36. The molecule has 31 heavy (non-hydrogen) atoms. The smallest absolute Gasteiger partial charge is 0.276 e. The summed E-state index contributed by atoms with van der Waals surface area (Å²) in [6, 6.07) is 16.7. The van der Waals surface area contributed by atoms with Gasteiger partial charge in [0.2, 0.25) is 0 Å². The molecule has 7 nitrogen and oxygen atoms in total. The van der Waals surface area contributed by atoms with Crippen molar-refractivity contribution in [1.29, 1.82) is 0 Å². The monoisotopic (exact) mass is 434 g/mol. The zero-order chi connectivity index (χ0) is 21.4. The molecule has 1 atom stereocenters. The Morgan fingerprint density at radius 1 is 0.903 bits per heavy atom. The highest BCUT2D eigenvalue weighted by Crippen LogP contribution is 2.36. The van der Waals surface area contributed by atoms with Crippen LogP contribution >= 0.6 is 11.3 Å². The lowest BCUT2D eigenvalue weighted by molar-refractivity contribution is -0.144. The number of piperidine rings is 1. The fourth-order valence-corrected chi connectivity index (χ4v) is 5.37. The molecule has 0 aliphatic carbocycles. The van der Waals surface area contributed by atoms with Gasteiger partial charge in [-0.2, -0.15) is 0 Å².